The molecule has 0 aromatic heterocycles. The number of carbonyl (C=O) groups is 1. The molecule has 0 aliphatic carbocycles. The van der Waals surface area contributed by atoms with E-state index < -0.39 is 17.7 Å². The van der Waals surface area contributed by atoms with E-state index in [4.69, 9.17) is 4.84 Å². The summed E-state index contributed by atoms with van der Waals surface area (Å²) in [6, 6.07) is 13.9. The predicted octanol–water partition coefficient (Wildman–Crippen LogP) is 4.58. The first-order valence-corrected chi connectivity index (χ1v) is 7.25. The molecule has 0 aliphatic heterocycles. The molecular formula is C18H16F3NO2. The number of nitrogens with zero attached hydrogens (tertiary/aromatic N) is 1. The fourth-order valence-corrected chi connectivity index (χ4v) is 2.14. The van der Waals surface area contributed by atoms with Crippen molar-refractivity contribution in [3.05, 3.63) is 71.3 Å². The van der Waals surface area contributed by atoms with Gasteiger partial charge in [-0.05, 0) is 30.2 Å². The summed E-state index contributed by atoms with van der Waals surface area (Å²) < 4.78 is 37.9. The van der Waals surface area contributed by atoms with Gasteiger partial charge in [0.2, 0.25) is 0 Å². The summed E-state index contributed by atoms with van der Waals surface area (Å²) in [5.41, 5.74) is 0.385. The van der Waals surface area contributed by atoms with Gasteiger partial charge in [-0.25, -0.2) is 0 Å². The van der Waals surface area contributed by atoms with Crippen LogP contribution in [0.15, 0.2) is 59.8 Å². The smallest absolute Gasteiger partial charge is 0.391 e. The van der Waals surface area contributed by atoms with Gasteiger partial charge in [-0.3, -0.25) is 4.79 Å². The van der Waals surface area contributed by atoms with Gasteiger partial charge in [-0.2, -0.15) is 13.2 Å². The molecule has 24 heavy (non-hydrogen) atoms. The summed E-state index contributed by atoms with van der Waals surface area (Å²) >= 11 is 0. The standard InChI is InChI=1S/C18H16F3NO2/c1-13(23)17(15-7-3-2-4-8-15)11-22-24-12-14-6-5-9-16(10-14)18(19,20)21/h2-11,17H,12H2,1H3/b22-11-/t17-/m0/s1. The molecule has 126 valence electrons. The molecule has 6 heteroatoms. The predicted molar refractivity (Wildman–Crippen MR) is 84.6 cm³/mol. The summed E-state index contributed by atoms with van der Waals surface area (Å²) in [5, 5.41) is 3.73. The van der Waals surface area contributed by atoms with Gasteiger partial charge >= 0.3 is 6.18 Å². The van der Waals surface area contributed by atoms with Crippen LogP contribution in [0.1, 0.15) is 29.5 Å². The molecule has 0 unspecified atom stereocenters. The quantitative estimate of drug-likeness (QED) is 0.572. The van der Waals surface area contributed by atoms with E-state index in [2.05, 4.69) is 5.16 Å². The van der Waals surface area contributed by atoms with Gasteiger partial charge in [0, 0.05) is 0 Å². The first-order valence-electron chi connectivity index (χ1n) is 7.25. The Morgan fingerprint density at radius 2 is 1.88 bits per heavy atom. The fourth-order valence-electron chi connectivity index (χ4n) is 2.14. The van der Waals surface area contributed by atoms with Gasteiger partial charge in [0.05, 0.1) is 17.7 Å². The van der Waals surface area contributed by atoms with Crippen LogP contribution < -0.4 is 0 Å². The molecule has 2 rings (SSSR count). The van der Waals surface area contributed by atoms with Crippen molar-refractivity contribution in [3.8, 4) is 0 Å². The second-order valence-corrected chi connectivity index (χ2v) is 5.23. The monoisotopic (exact) mass is 335 g/mol. The van der Waals surface area contributed by atoms with Gasteiger partial charge < -0.3 is 4.84 Å². The van der Waals surface area contributed by atoms with E-state index in [1.807, 2.05) is 18.2 Å². The molecule has 0 amide bonds. The van der Waals surface area contributed by atoms with Crippen LogP contribution in [0.25, 0.3) is 0 Å². The number of hydrogen-bond donors (Lipinski definition) is 0. The average Bonchev–Trinajstić information content (AvgIpc) is 2.55. The zero-order valence-electron chi connectivity index (χ0n) is 13.0. The third-order valence-corrected chi connectivity index (χ3v) is 3.37. The Hall–Kier alpha value is -2.63. The van der Waals surface area contributed by atoms with Crippen molar-refractivity contribution < 1.29 is 22.8 Å². The molecule has 0 N–H and O–H groups in total. The zero-order valence-corrected chi connectivity index (χ0v) is 13.0. The second-order valence-electron chi connectivity index (χ2n) is 5.23. The highest BCUT2D eigenvalue weighted by molar-refractivity contribution is 5.98. The van der Waals surface area contributed by atoms with E-state index in [0.29, 0.717) is 5.56 Å². The second kappa shape index (κ2) is 7.77. The molecule has 0 fully saturated rings. The van der Waals surface area contributed by atoms with Crippen LogP contribution in [0.4, 0.5) is 13.2 Å². The molecule has 0 heterocycles. The lowest BCUT2D eigenvalue weighted by molar-refractivity contribution is -0.137. The van der Waals surface area contributed by atoms with Crippen molar-refractivity contribution in [2.24, 2.45) is 5.16 Å². The molecule has 1 atom stereocenters. The van der Waals surface area contributed by atoms with Gasteiger partial charge in [0.25, 0.3) is 0 Å². The van der Waals surface area contributed by atoms with Crippen LogP contribution in [0.5, 0.6) is 0 Å². The molecule has 3 nitrogen and oxygen atoms in total. The van der Waals surface area contributed by atoms with E-state index in [-0.39, 0.29) is 12.4 Å². The first kappa shape index (κ1) is 17.7. The van der Waals surface area contributed by atoms with Crippen LogP contribution >= 0.6 is 0 Å². The van der Waals surface area contributed by atoms with Crippen molar-refractivity contribution >= 4 is 12.0 Å². The largest absolute Gasteiger partial charge is 0.416 e. The average molecular weight is 335 g/mol. The van der Waals surface area contributed by atoms with Gasteiger partial charge in [0.1, 0.15) is 12.4 Å². The Morgan fingerprint density at radius 1 is 1.17 bits per heavy atom. The number of hydrogen-bond acceptors (Lipinski definition) is 3. The van der Waals surface area contributed by atoms with E-state index in [0.717, 1.165) is 17.7 Å². The maximum Gasteiger partial charge on any atom is 0.416 e. The Morgan fingerprint density at radius 3 is 2.50 bits per heavy atom. The van der Waals surface area contributed by atoms with Gasteiger partial charge in [0.15, 0.2) is 0 Å². The summed E-state index contributed by atoms with van der Waals surface area (Å²) in [6.45, 7) is 1.33. The Balaban J connectivity index is 2.00. The summed E-state index contributed by atoms with van der Waals surface area (Å²) in [6.07, 6.45) is -3.04. The third kappa shape index (κ3) is 4.94. The molecule has 0 aliphatic rings. The topological polar surface area (TPSA) is 38.7 Å². The van der Waals surface area contributed by atoms with E-state index in [1.165, 1.54) is 25.3 Å². The normalized spacial score (nSPS) is 13.0. The number of carbonyl (C=O) groups excluding carboxylic acids is 1. The molecule has 0 radical (unpaired) electrons. The SMILES string of the molecule is CC(=O)[C@H](/C=N\OCc1cccc(C(F)(F)F)c1)c1ccccc1. The molecule has 2 aromatic rings. The van der Waals surface area contributed by atoms with Crippen LogP contribution in [-0.4, -0.2) is 12.0 Å². The number of Topliss-reactive ketones (excluding diaryl/α,β-unsaturated/α-hetero) is 1. The maximum atomic E-state index is 12.6. The van der Waals surface area contributed by atoms with E-state index >= 15 is 0 Å². The number of halogens is 3. The van der Waals surface area contributed by atoms with Gasteiger partial charge in [-0.15, -0.1) is 0 Å². The van der Waals surface area contributed by atoms with E-state index in [1.54, 1.807) is 12.1 Å². The van der Waals surface area contributed by atoms with Gasteiger partial charge in [-0.1, -0.05) is 47.6 Å². The molecule has 0 saturated carbocycles. The molecule has 0 saturated heterocycles. The Kier molecular flexibility index (Phi) is 5.73. The van der Waals surface area contributed by atoms with Crippen LogP contribution in [-0.2, 0) is 22.4 Å². The summed E-state index contributed by atoms with van der Waals surface area (Å²) in [5.74, 6) is -0.652. The highest BCUT2D eigenvalue weighted by atomic mass is 19.4. The molecular weight excluding hydrogens is 319 g/mol. The minimum atomic E-state index is -4.40. The maximum absolute atomic E-state index is 12.6. The number of ketones is 1. The van der Waals surface area contributed by atoms with Crippen LogP contribution in [0.2, 0.25) is 0 Å². The lowest BCUT2D eigenvalue weighted by atomic mass is 9.97. The van der Waals surface area contributed by atoms with Crippen molar-refractivity contribution in [3.63, 3.8) is 0 Å². The molecule has 0 bridgehead atoms. The highest BCUT2D eigenvalue weighted by Gasteiger charge is 2.30. The summed E-state index contributed by atoms with van der Waals surface area (Å²) in [7, 11) is 0. The third-order valence-electron chi connectivity index (χ3n) is 3.37. The molecule has 2 aromatic carbocycles. The zero-order chi connectivity index (χ0) is 17.6. The first-order chi connectivity index (χ1) is 11.4. The fraction of sp³-hybridized carbons (Fsp3) is 0.222. The number of alkyl halides is 3. The lowest BCUT2D eigenvalue weighted by Gasteiger charge is -2.09. The Bertz CT molecular complexity index is 712. The Labute approximate surface area is 137 Å². The number of oxime groups is 1. The van der Waals surface area contributed by atoms with Crippen LogP contribution in [0.3, 0.4) is 0 Å². The number of rotatable bonds is 6. The highest BCUT2D eigenvalue weighted by Crippen LogP contribution is 2.29. The lowest BCUT2D eigenvalue weighted by Crippen LogP contribution is -2.10. The number of benzene rings is 2. The molecule has 0 spiro atoms. The van der Waals surface area contributed by atoms with Crippen molar-refractivity contribution in [2.75, 3.05) is 0 Å². The minimum absolute atomic E-state index is 0.104. The van der Waals surface area contributed by atoms with Crippen molar-refractivity contribution in [2.45, 2.75) is 25.6 Å². The van der Waals surface area contributed by atoms with Crippen molar-refractivity contribution in [1.29, 1.82) is 0 Å². The summed E-state index contributed by atoms with van der Waals surface area (Å²) in [4.78, 5) is 16.7. The van der Waals surface area contributed by atoms with Crippen molar-refractivity contribution in [1.82, 2.24) is 0 Å². The minimum Gasteiger partial charge on any atom is -0.391 e. The van der Waals surface area contributed by atoms with Crippen LogP contribution in [0, 0.1) is 0 Å². The van der Waals surface area contributed by atoms with E-state index in [9.17, 15) is 18.0 Å².